The summed E-state index contributed by atoms with van der Waals surface area (Å²) in [7, 11) is -2.68. The molecule has 0 N–H and O–H groups in total. The van der Waals surface area contributed by atoms with Gasteiger partial charge in [-0.2, -0.15) is 0 Å². The van der Waals surface area contributed by atoms with Crippen LogP contribution in [0.1, 0.15) is 6.42 Å². The minimum absolute atomic E-state index is 0. The standard InChI is InChI=1S/C14H21SSi2.2ClH.Ti/c1-16(2,3)13-10-11-15-14(13)17(4,5)12-8-6-7-9-12;;;/h6,8,10-11H,7H2,1-5H3;2*1H;. The summed E-state index contributed by atoms with van der Waals surface area (Å²) in [6, 6.07) is 2.40. The number of allylic oxidation sites excluding steroid dienone is 4. The Morgan fingerprint density at radius 2 is 1.70 bits per heavy atom. The maximum atomic E-state index is 2.52. The summed E-state index contributed by atoms with van der Waals surface area (Å²) in [5, 5.41) is 5.68. The molecule has 1 aromatic rings. The van der Waals surface area contributed by atoms with Gasteiger partial charge in [-0.3, -0.25) is 0 Å². The zero-order valence-electron chi connectivity index (χ0n) is 12.7. The summed E-state index contributed by atoms with van der Waals surface area (Å²) in [5.41, 5.74) is 0. The van der Waals surface area contributed by atoms with Crippen LogP contribution in [0.15, 0.2) is 32.7 Å². The van der Waals surface area contributed by atoms with E-state index >= 15 is 0 Å². The average molecular weight is 398 g/mol. The van der Waals surface area contributed by atoms with E-state index in [0.29, 0.717) is 0 Å². The SMILES string of the molecule is C[Si](C)(C)c1ccsc1[Si](C)(C)C1=[C]([Ti])CC=C1.Cl.Cl. The summed E-state index contributed by atoms with van der Waals surface area (Å²) in [4.78, 5) is 0. The molecule has 0 aliphatic heterocycles. The van der Waals surface area contributed by atoms with Gasteiger partial charge in [-0.1, -0.05) is 0 Å². The van der Waals surface area contributed by atoms with Crippen molar-refractivity contribution in [2.45, 2.75) is 39.2 Å². The Balaban J connectivity index is 0.00000180. The van der Waals surface area contributed by atoms with E-state index in [1.807, 2.05) is 11.3 Å². The molecule has 2 rings (SSSR count). The molecule has 0 spiro atoms. The fraction of sp³-hybridized carbons (Fsp3) is 0.429. The van der Waals surface area contributed by atoms with Crippen LogP contribution < -0.4 is 9.69 Å². The first-order valence-electron chi connectivity index (χ1n) is 6.45. The quantitative estimate of drug-likeness (QED) is 0.664. The fourth-order valence-electron chi connectivity index (χ4n) is 2.60. The van der Waals surface area contributed by atoms with Crippen molar-refractivity contribution >= 4 is 62.0 Å². The van der Waals surface area contributed by atoms with Crippen LogP contribution in [-0.4, -0.2) is 16.1 Å². The normalized spacial score (nSPS) is 15.0. The van der Waals surface area contributed by atoms with Crippen LogP contribution in [0.4, 0.5) is 0 Å². The van der Waals surface area contributed by atoms with Gasteiger partial charge in [0.05, 0.1) is 0 Å². The number of rotatable bonds is 3. The Kier molecular flexibility index (Phi) is 7.79. The van der Waals surface area contributed by atoms with E-state index < -0.39 is 16.1 Å². The number of hydrogen-bond donors (Lipinski definition) is 0. The molecule has 111 valence electrons. The van der Waals surface area contributed by atoms with Crippen LogP contribution in [-0.2, 0) is 20.4 Å². The van der Waals surface area contributed by atoms with Crippen LogP contribution in [0.2, 0.25) is 32.7 Å². The third kappa shape index (κ3) is 4.01. The van der Waals surface area contributed by atoms with Crippen molar-refractivity contribution in [2.24, 2.45) is 0 Å². The molecule has 1 aromatic heterocycles. The Bertz CT molecular complexity index is 528. The molecule has 0 saturated heterocycles. The van der Waals surface area contributed by atoms with Gasteiger partial charge in [-0.15, -0.1) is 24.8 Å². The van der Waals surface area contributed by atoms with Crippen LogP contribution in [0, 0.1) is 0 Å². The van der Waals surface area contributed by atoms with Crippen molar-refractivity contribution < 1.29 is 20.4 Å². The molecule has 0 radical (unpaired) electrons. The fourth-order valence-corrected chi connectivity index (χ4v) is 13.6. The van der Waals surface area contributed by atoms with Gasteiger partial charge in [0.15, 0.2) is 0 Å². The van der Waals surface area contributed by atoms with E-state index in [9.17, 15) is 0 Å². The second kappa shape index (κ2) is 7.45. The van der Waals surface area contributed by atoms with Crippen molar-refractivity contribution in [1.29, 1.82) is 0 Å². The van der Waals surface area contributed by atoms with Crippen LogP contribution in [0.3, 0.4) is 0 Å². The molecule has 0 atom stereocenters. The van der Waals surface area contributed by atoms with Gasteiger partial charge in [0.1, 0.15) is 0 Å². The predicted octanol–water partition coefficient (Wildman–Crippen LogP) is 4.35. The van der Waals surface area contributed by atoms with Gasteiger partial charge in [0, 0.05) is 0 Å². The van der Waals surface area contributed by atoms with E-state index in [-0.39, 0.29) is 24.8 Å². The first-order valence-corrected chi connectivity index (χ1v) is 14.6. The van der Waals surface area contributed by atoms with E-state index in [4.69, 9.17) is 0 Å². The van der Waals surface area contributed by atoms with Gasteiger partial charge in [0.2, 0.25) is 0 Å². The van der Waals surface area contributed by atoms with Gasteiger partial charge >= 0.3 is 129 Å². The summed E-state index contributed by atoms with van der Waals surface area (Å²) in [6.07, 6.45) is 5.90. The largest absolute Gasteiger partial charge is 0.147 e. The summed E-state index contributed by atoms with van der Waals surface area (Å²) < 4.78 is 3.32. The molecule has 1 heterocycles. The van der Waals surface area contributed by atoms with Crippen molar-refractivity contribution in [3.63, 3.8) is 0 Å². The minimum atomic E-state index is -1.47. The van der Waals surface area contributed by atoms with Crippen LogP contribution in [0.25, 0.3) is 0 Å². The molecular formula is C14H23Cl2SSi2Ti. The summed E-state index contributed by atoms with van der Waals surface area (Å²) in [5.74, 6) is 0. The molecule has 1 aliphatic rings. The van der Waals surface area contributed by atoms with Crippen LogP contribution in [0.5, 0.6) is 0 Å². The van der Waals surface area contributed by atoms with E-state index in [2.05, 4.69) is 76.8 Å². The van der Waals surface area contributed by atoms with Crippen LogP contribution >= 0.6 is 36.2 Å². The molecule has 0 unspecified atom stereocenters. The first-order chi connectivity index (χ1) is 8.24. The third-order valence-corrected chi connectivity index (χ3v) is 13.1. The molecule has 0 fully saturated rings. The molecule has 20 heavy (non-hydrogen) atoms. The zero-order chi connectivity index (χ0) is 13.6. The number of halogens is 2. The Morgan fingerprint density at radius 3 is 2.15 bits per heavy atom. The smallest absolute Gasteiger partial charge is 0.147 e. The van der Waals surface area contributed by atoms with Crippen molar-refractivity contribution in [2.75, 3.05) is 0 Å². The molecule has 0 bridgehead atoms. The maximum Gasteiger partial charge on any atom is -0.147 e. The minimum Gasteiger partial charge on any atom is -0.147 e. The number of thiophene rings is 1. The van der Waals surface area contributed by atoms with E-state index in [1.54, 1.807) is 18.8 Å². The maximum absolute atomic E-state index is 2.52. The van der Waals surface area contributed by atoms with Crippen molar-refractivity contribution in [3.05, 3.63) is 32.7 Å². The van der Waals surface area contributed by atoms with E-state index in [1.165, 1.54) is 6.42 Å². The predicted molar refractivity (Wildman–Crippen MR) is 99.7 cm³/mol. The molecule has 0 aromatic carbocycles. The molecule has 1 aliphatic carbocycles. The Hall–Kier alpha value is 0.908. The van der Waals surface area contributed by atoms with Gasteiger partial charge in [0.25, 0.3) is 0 Å². The molecule has 6 heteroatoms. The number of hydrogen-bond acceptors (Lipinski definition) is 1. The monoisotopic (exact) mass is 397 g/mol. The zero-order valence-corrected chi connectivity index (χ0v) is 18.8. The van der Waals surface area contributed by atoms with E-state index in [0.717, 1.165) is 0 Å². The molecule has 0 nitrogen and oxygen atoms in total. The topological polar surface area (TPSA) is 0 Å². The molecule has 0 amide bonds. The van der Waals surface area contributed by atoms with Crippen molar-refractivity contribution in [3.8, 4) is 0 Å². The Morgan fingerprint density at radius 1 is 1.10 bits per heavy atom. The Labute approximate surface area is 153 Å². The molecule has 0 saturated carbocycles. The average Bonchev–Trinajstić information content (AvgIpc) is 2.83. The van der Waals surface area contributed by atoms with Gasteiger partial charge in [-0.05, 0) is 0 Å². The second-order valence-corrected chi connectivity index (χ2v) is 18.1. The third-order valence-electron chi connectivity index (χ3n) is 3.65. The van der Waals surface area contributed by atoms with Gasteiger partial charge < -0.3 is 0 Å². The second-order valence-electron chi connectivity index (χ2n) is 6.54. The first kappa shape index (κ1) is 20.9. The van der Waals surface area contributed by atoms with Crippen molar-refractivity contribution in [1.82, 2.24) is 0 Å². The summed E-state index contributed by atoms with van der Waals surface area (Å²) >= 11 is 4.31. The molecular weight excluding hydrogens is 375 g/mol. The van der Waals surface area contributed by atoms with Gasteiger partial charge in [-0.25, -0.2) is 0 Å². The summed E-state index contributed by atoms with van der Waals surface area (Å²) in [6.45, 7) is 12.5.